The third-order valence-corrected chi connectivity index (χ3v) is 6.54. The predicted molar refractivity (Wildman–Crippen MR) is 129 cm³/mol. The lowest BCUT2D eigenvalue weighted by Crippen LogP contribution is -2.29. The van der Waals surface area contributed by atoms with E-state index in [1.807, 2.05) is 62.4 Å². The summed E-state index contributed by atoms with van der Waals surface area (Å²) in [6.45, 7) is 6.03. The molecule has 4 aromatic rings. The zero-order valence-electron chi connectivity index (χ0n) is 19.1. The van der Waals surface area contributed by atoms with Crippen molar-refractivity contribution in [1.29, 1.82) is 0 Å². The number of rotatable bonds is 4. The summed E-state index contributed by atoms with van der Waals surface area (Å²) < 4.78 is 11.4. The summed E-state index contributed by atoms with van der Waals surface area (Å²) in [5.74, 6) is 0.478. The van der Waals surface area contributed by atoms with Gasteiger partial charge in [0.05, 0.1) is 24.1 Å². The SMILES string of the molecule is CCc1ccc(C2c3c(oc4cc(C)c(C)cc4c3=O)C(=O)N2c2ccc(OC)cc2)cc1. The summed E-state index contributed by atoms with van der Waals surface area (Å²) in [5, 5.41) is 0.497. The molecule has 0 aliphatic carbocycles. The molecule has 166 valence electrons. The van der Waals surface area contributed by atoms with Crippen LogP contribution in [0.1, 0.15) is 51.3 Å². The van der Waals surface area contributed by atoms with Gasteiger partial charge in [-0.1, -0.05) is 31.2 Å². The number of nitrogens with zero attached hydrogens (tertiary/aromatic N) is 1. The first-order valence-electron chi connectivity index (χ1n) is 11.1. The Morgan fingerprint density at radius 1 is 0.939 bits per heavy atom. The maximum Gasteiger partial charge on any atom is 0.295 e. The number of aryl methyl sites for hydroxylation is 3. The molecule has 33 heavy (non-hydrogen) atoms. The van der Waals surface area contributed by atoms with Crippen LogP contribution in [0.15, 0.2) is 69.9 Å². The van der Waals surface area contributed by atoms with Gasteiger partial charge < -0.3 is 9.15 Å². The van der Waals surface area contributed by atoms with Gasteiger partial charge in [-0.2, -0.15) is 0 Å². The molecule has 2 heterocycles. The van der Waals surface area contributed by atoms with Gasteiger partial charge in [0.1, 0.15) is 11.3 Å². The van der Waals surface area contributed by atoms with Gasteiger partial charge in [0.25, 0.3) is 5.91 Å². The number of carbonyl (C=O) groups is 1. The first-order chi connectivity index (χ1) is 15.9. The molecule has 0 N–H and O–H groups in total. The minimum absolute atomic E-state index is 0.108. The van der Waals surface area contributed by atoms with Gasteiger partial charge in [-0.3, -0.25) is 14.5 Å². The number of benzene rings is 3. The highest BCUT2D eigenvalue weighted by atomic mass is 16.5. The van der Waals surface area contributed by atoms with Gasteiger partial charge in [-0.05, 0) is 78.9 Å². The Bertz CT molecular complexity index is 1430. The summed E-state index contributed by atoms with van der Waals surface area (Å²) in [7, 11) is 1.60. The van der Waals surface area contributed by atoms with Gasteiger partial charge >= 0.3 is 0 Å². The minimum atomic E-state index is -0.575. The van der Waals surface area contributed by atoms with E-state index in [4.69, 9.17) is 9.15 Å². The van der Waals surface area contributed by atoms with E-state index in [2.05, 4.69) is 6.92 Å². The van der Waals surface area contributed by atoms with Crippen LogP contribution in [0.25, 0.3) is 11.0 Å². The van der Waals surface area contributed by atoms with E-state index < -0.39 is 6.04 Å². The standard InChI is InChI=1S/C28H25NO4/c1-5-18-6-8-19(9-7-18)25-24-26(30)22-14-16(2)17(3)15-23(22)33-27(24)28(31)29(25)20-10-12-21(32-4)13-11-20/h6-15,25H,5H2,1-4H3. The van der Waals surface area contributed by atoms with Gasteiger partial charge in [0.2, 0.25) is 5.76 Å². The number of methoxy groups -OCH3 is 1. The third-order valence-electron chi connectivity index (χ3n) is 6.54. The van der Waals surface area contributed by atoms with Crippen molar-refractivity contribution in [3.8, 4) is 5.75 Å². The van der Waals surface area contributed by atoms with E-state index in [1.54, 1.807) is 24.1 Å². The summed E-state index contributed by atoms with van der Waals surface area (Å²) >= 11 is 0. The fourth-order valence-electron chi connectivity index (χ4n) is 4.49. The van der Waals surface area contributed by atoms with Crippen molar-refractivity contribution in [2.45, 2.75) is 33.2 Å². The molecule has 5 rings (SSSR count). The van der Waals surface area contributed by atoms with Crippen LogP contribution in [0.2, 0.25) is 0 Å². The fourth-order valence-corrected chi connectivity index (χ4v) is 4.49. The van der Waals surface area contributed by atoms with Crippen molar-refractivity contribution in [2.24, 2.45) is 0 Å². The van der Waals surface area contributed by atoms with Crippen LogP contribution in [-0.4, -0.2) is 13.0 Å². The monoisotopic (exact) mass is 439 g/mol. The van der Waals surface area contributed by atoms with Gasteiger partial charge in [0.15, 0.2) is 5.43 Å². The number of hydrogen-bond acceptors (Lipinski definition) is 4. The van der Waals surface area contributed by atoms with Gasteiger partial charge in [-0.15, -0.1) is 0 Å². The molecule has 1 atom stereocenters. The second-order valence-corrected chi connectivity index (χ2v) is 8.48. The smallest absolute Gasteiger partial charge is 0.295 e. The second-order valence-electron chi connectivity index (χ2n) is 8.48. The predicted octanol–water partition coefficient (Wildman–Crippen LogP) is 5.73. The molecular weight excluding hydrogens is 414 g/mol. The molecule has 3 aromatic carbocycles. The molecule has 0 fully saturated rings. The van der Waals surface area contributed by atoms with Crippen LogP contribution in [0.4, 0.5) is 5.69 Å². The van der Waals surface area contributed by atoms with Gasteiger partial charge in [-0.25, -0.2) is 0 Å². The van der Waals surface area contributed by atoms with E-state index in [-0.39, 0.29) is 17.1 Å². The van der Waals surface area contributed by atoms with Crippen molar-refractivity contribution in [1.82, 2.24) is 0 Å². The molecule has 1 aliphatic heterocycles. The highest BCUT2D eigenvalue weighted by Crippen LogP contribution is 2.41. The number of anilines is 1. The average Bonchev–Trinajstić information content (AvgIpc) is 3.13. The molecular formula is C28H25NO4. The minimum Gasteiger partial charge on any atom is -0.497 e. The average molecular weight is 440 g/mol. The molecule has 0 spiro atoms. The van der Waals surface area contributed by atoms with Crippen LogP contribution in [0.5, 0.6) is 5.75 Å². The topological polar surface area (TPSA) is 59.8 Å². The molecule has 1 amide bonds. The Morgan fingerprint density at radius 3 is 2.24 bits per heavy atom. The van der Waals surface area contributed by atoms with Crippen molar-refractivity contribution in [3.63, 3.8) is 0 Å². The van der Waals surface area contributed by atoms with Crippen molar-refractivity contribution < 1.29 is 13.9 Å². The van der Waals surface area contributed by atoms with Crippen molar-refractivity contribution in [3.05, 3.63) is 104 Å². The highest BCUT2D eigenvalue weighted by Gasteiger charge is 2.43. The molecule has 5 nitrogen and oxygen atoms in total. The lowest BCUT2D eigenvalue weighted by Gasteiger charge is -2.25. The zero-order valence-corrected chi connectivity index (χ0v) is 19.1. The normalized spacial score (nSPS) is 15.2. The van der Waals surface area contributed by atoms with Crippen LogP contribution < -0.4 is 15.1 Å². The van der Waals surface area contributed by atoms with E-state index >= 15 is 0 Å². The number of hydrogen-bond donors (Lipinski definition) is 0. The molecule has 0 radical (unpaired) electrons. The van der Waals surface area contributed by atoms with Crippen LogP contribution in [-0.2, 0) is 6.42 Å². The number of amides is 1. The van der Waals surface area contributed by atoms with Crippen LogP contribution in [0.3, 0.4) is 0 Å². The van der Waals surface area contributed by atoms with E-state index in [9.17, 15) is 9.59 Å². The maximum atomic E-state index is 13.8. The number of fused-ring (bicyclic) bond motifs is 2. The lowest BCUT2D eigenvalue weighted by atomic mass is 9.96. The maximum absolute atomic E-state index is 13.8. The van der Waals surface area contributed by atoms with Crippen LogP contribution >= 0.6 is 0 Å². The Morgan fingerprint density at radius 2 is 1.61 bits per heavy atom. The van der Waals surface area contributed by atoms with E-state index in [0.29, 0.717) is 28.0 Å². The Kier molecular flexibility index (Phi) is 5.05. The van der Waals surface area contributed by atoms with E-state index in [1.165, 1.54) is 5.56 Å². The summed E-state index contributed by atoms with van der Waals surface area (Å²) in [6, 6.07) is 18.5. The summed E-state index contributed by atoms with van der Waals surface area (Å²) in [4.78, 5) is 29.1. The highest BCUT2D eigenvalue weighted by molar-refractivity contribution is 6.10. The van der Waals surface area contributed by atoms with Crippen molar-refractivity contribution >= 4 is 22.6 Å². The summed E-state index contributed by atoms with van der Waals surface area (Å²) in [5.41, 5.74) is 5.41. The fraction of sp³-hybridized carbons (Fsp3) is 0.214. The van der Waals surface area contributed by atoms with Crippen LogP contribution in [0, 0.1) is 13.8 Å². The Hall–Kier alpha value is -3.86. The molecule has 0 saturated heterocycles. The largest absolute Gasteiger partial charge is 0.497 e. The van der Waals surface area contributed by atoms with Crippen molar-refractivity contribution in [2.75, 3.05) is 12.0 Å². The number of ether oxygens (including phenoxy) is 1. The molecule has 1 aliphatic rings. The summed E-state index contributed by atoms with van der Waals surface area (Å²) in [6.07, 6.45) is 0.911. The molecule has 5 heteroatoms. The molecule has 1 aromatic heterocycles. The Balaban J connectivity index is 1.77. The van der Waals surface area contributed by atoms with E-state index in [0.717, 1.165) is 23.1 Å². The third kappa shape index (κ3) is 3.32. The quantitative estimate of drug-likeness (QED) is 0.407. The first kappa shape index (κ1) is 21.0. The molecule has 0 saturated carbocycles. The molecule has 1 unspecified atom stereocenters. The second kappa shape index (κ2) is 7.93. The lowest BCUT2D eigenvalue weighted by molar-refractivity contribution is 0.0971. The number of carbonyl (C=O) groups excluding carboxylic acids is 1. The Labute approximate surface area is 192 Å². The molecule has 0 bridgehead atoms. The van der Waals surface area contributed by atoms with Gasteiger partial charge in [0, 0.05) is 5.69 Å². The zero-order chi connectivity index (χ0) is 23.3. The first-order valence-corrected chi connectivity index (χ1v) is 11.1.